The van der Waals surface area contributed by atoms with Gasteiger partial charge < -0.3 is 4.90 Å². The molecule has 1 fully saturated rings. The predicted molar refractivity (Wildman–Crippen MR) is 82.5 cm³/mol. The van der Waals surface area contributed by atoms with Gasteiger partial charge in [0.1, 0.15) is 12.7 Å². The predicted octanol–water partition coefficient (Wildman–Crippen LogP) is 0.658. The Balaban J connectivity index is 1.65. The van der Waals surface area contributed by atoms with E-state index in [-0.39, 0.29) is 5.91 Å². The van der Waals surface area contributed by atoms with Crippen molar-refractivity contribution in [3.05, 3.63) is 42.5 Å². The molecule has 3 rings (SSSR count). The van der Waals surface area contributed by atoms with Crippen molar-refractivity contribution in [3.8, 4) is 18.0 Å². The van der Waals surface area contributed by atoms with E-state index in [1.165, 1.54) is 6.33 Å². The van der Waals surface area contributed by atoms with E-state index in [9.17, 15) is 4.79 Å². The topological polar surface area (TPSA) is 54.3 Å². The summed E-state index contributed by atoms with van der Waals surface area (Å²) in [5.74, 6) is 2.70. The lowest BCUT2D eigenvalue weighted by atomic mass is 10.1. The van der Waals surface area contributed by atoms with Crippen LogP contribution in [0.2, 0.25) is 0 Å². The third-order valence-electron chi connectivity index (χ3n) is 3.77. The summed E-state index contributed by atoms with van der Waals surface area (Å²) in [5.41, 5.74) is 1.57. The molecule has 6 nitrogen and oxygen atoms in total. The number of terminal acetylenes is 1. The maximum absolute atomic E-state index is 12.5. The highest BCUT2D eigenvalue weighted by Gasteiger charge is 2.21. The Morgan fingerprint density at radius 3 is 2.50 bits per heavy atom. The van der Waals surface area contributed by atoms with E-state index in [2.05, 4.69) is 20.9 Å². The van der Waals surface area contributed by atoms with Crippen molar-refractivity contribution in [2.75, 3.05) is 32.7 Å². The molecule has 112 valence electrons. The normalized spacial score (nSPS) is 15.5. The molecule has 6 heteroatoms. The molecule has 0 bridgehead atoms. The maximum atomic E-state index is 12.5. The molecular formula is C16H17N5O. The molecule has 1 aromatic heterocycles. The van der Waals surface area contributed by atoms with Crippen LogP contribution < -0.4 is 0 Å². The molecule has 1 aliphatic rings. The smallest absolute Gasteiger partial charge is 0.253 e. The third kappa shape index (κ3) is 3.00. The van der Waals surface area contributed by atoms with Crippen LogP contribution in [0.25, 0.3) is 5.69 Å². The van der Waals surface area contributed by atoms with E-state index in [0.717, 1.165) is 18.8 Å². The van der Waals surface area contributed by atoms with Gasteiger partial charge in [-0.05, 0) is 24.3 Å². The Kier molecular flexibility index (Phi) is 4.17. The van der Waals surface area contributed by atoms with Crippen LogP contribution in [0.4, 0.5) is 0 Å². The highest BCUT2D eigenvalue weighted by atomic mass is 16.2. The SMILES string of the molecule is C#CCN1CCN(C(=O)c2ccc(-n3cncn3)cc2)CC1. The van der Waals surface area contributed by atoms with Crippen molar-refractivity contribution in [2.45, 2.75) is 0 Å². The van der Waals surface area contributed by atoms with Gasteiger partial charge in [-0.3, -0.25) is 9.69 Å². The van der Waals surface area contributed by atoms with Crippen LogP contribution in [-0.4, -0.2) is 63.2 Å². The largest absolute Gasteiger partial charge is 0.336 e. The van der Waals surface area contributed by atoms with Gasteiger partial charge in [0.05, 0.1) is 12.2 Å². The molecule has 0 aliphatic carbocycles. The lowest BCUT2D eigenvalue weighted by Gasteiger charge is -2.33. The number of carbonyl (C=O) groups excluding carboxylic acids is 1. The maximum Gasteiger partial charge on any atom is 0.253 e. The summed E-state index contributed by atoms with van der Waals surface area (Å²) in [6.45, 7) is 3.73. The van der Waals surface area contributed by atoms with Crippen molar-refractivity contribution >= 4 is 5.91 Å². The van der Waals surface area contributed by atoms with Crippen molar-refractivity contribution in [1.82, 2.24) is 24.6 Å². The second-order valence-electron chi connectivity index (χ2n) is 5.16. The van der Waals surface area contributed by atoms with E-state index < -0.39 is 0 Å². The molecule has 1 saturated heterocycles. The van der Waals surface area contributed by atoms with Crippen LogP contribution in [0.3, 0.4) is 0 Å². The Bertz CT molecular complexity index is 664. The van der Waals surface area contributed by atoms with Crippen LogP contribution in [0.1, 0.15) is 10.4 Å². The number of rotatable bonds is 3. The summed E-state index contributed by atoms with van der Waals surface area (Å²) in [7, 11) is 0. The Morgan fingerprint density at radius 2 is 1.91 bits per heavy atom. The van der Waals surface area contributed by atoms with Gasteiger partial charge in [-0.2, -0.15) is 5.10 Å². The van der Waals surface area contributed by atoms with Gasteiger partial charge in [0, 0.05) is 31.7 Å². The molecular weight excluding hydrogens is 278 g/mol. The van der Waals surface area contributed by atoms with Crippen LogP contribution in [0.5, 0.6) is 0 Å². The number of nitrogens with zero attached hydrogens (tertiary/aromatic N) is 5. The number of piperazine rings is 1. The molecule has 2 aromatic rings. The monoisotopic (exact) mass is 295 g/mol. The lowest BCUT2D eigenvalue weighted by Crippen LogP contribution is -2.48. The summed E-state index contributed by atoms with van der Waals surface area (Å²) < 4.78 is 1.66. The first-order valence-corrected chi connectivity index (χ1v) is 7.18. The quantitative estimate of drug-likeness (QED) is 0.781. The van der Waals surface area contributed by atoms with E-state index >= 15 is 0 Å². The third-order valence-corrected chi connectivity index (χ3v) is 3.77. The molecule has 0 saturated carbocycles. The van der Waals surface area contributed by atoms with Gasteiger partial charge in [0.2, 0.25) is 0 Å². The zero-order valence-corrected chi connectivity index (χ0v) is 12.2. The highest BCUT2D eigenvalue weighted by Crippen LogP contribution is 2.12. The standard InChI is InChI=1S/C16H17N5O/c1-2-7-19-8-10-20(11-9-19)16(22)14-3-5-15(6-4-14)21-13-17-12-18-21/h1,3-6,12-13H,7-11H2. The van der Waals surface area contributed by atoms with Crippen LogP contribution in [0, 0.1) is 12.3 Å². The number of amides is 1. The fourth-order valence-electron chi connectivity index (χ4n) is 2.52. The van der Waals surface area contributed by atoms with Gasteiger partial charge in [-0.15, -0.1) is 6.42 Å². The van der Waals surface area contributed by atoms with Crippen LogP contribution in [0.15, 0.2) is 36.9 Å². The fourth-order valence-corrected chi connectivity index (χ4v) is 2.52. The summed E-state index contributed by atoms with van der Waals surface area (Å²) in [5, 5.41) is 4.07. The highest BCUT2D eigenvalue weighted by molar-refractivity contribution is 5.94. The van der Waals surface area contributed by atoms with E-state index in [0.29, 0.717) is 25.2 Å². The Morgan fingerprint density at radius 1 is 1.18 bits per heavy atom. The van der Waals surface area contributed by atoms with E-state index in [1.54, 1.807) is 11.0 Å². The van der Waals surface area contributed by atoms with Crippen molar-refractivity contribution in [2.24, 2.45) is 0 Å². The first-order valence-electron chi connectivity index (χ1n) is 7.18. The van der Waals surface area contributed by atoms with Crippen LogP contribution in [-0.2, 0) is 0 Å². The van der Waals surface area contributed by atoms with Gasteiger partial charge in [0.25, 0.3) is 5.91 Å². The summed E-state index contributed by atoms with van der Waals surface area (Å²) in [6, 6.07) is 7.40. The molecule has 1 amide bonds. The molecule has 1 aromatic carbocycles. The summed E-state index contributed by atoms with van der Waals surface area (Å²) >= 11 is 0. The molecule has 0 N–H and O–H groups in total. The molecule has 0 spiro atoms. The zero-order chi connectivity index (χ0) is 15.4. The van der Waals surface area contributed by atoms with Gasteiger partial charge in [-0.25, -0.2) is 9.67 Å². The Hall–Kier alpha value is -2.65. The summed E-state index contributed by atoms with van der Waals surface area (Å²) in [4.78, 5) is 20.5. The van der Waals surface area contributed by atoms with Crippen molar-refractivity contribution < 1.29 is 4.79 Å². The molecule has 2 heterocycles. The molecule has 22 heavy (non-hydrogen) atoms. The fraction of sp³-hybridized carbons (Fsp3) is 0.312. The number of carbonyl (C=O) groups is 1. The number of hydrogen-bond donors (Lipinski definition) is 0. The van der Waals surface area contributed by atoms with E-state index in [1.807, 2.05) is 29.2 Å². The second kappa shape index (κ2) is 6.41. The number of hydrogen-bond acceptors (Lipinski definition) is 4. The molecule has 0 radical (unpaired) electrons. The molecule has 0 unspecified atom stereocenters. The summed E-state index contributed by atoms with van der Waals surface area (Å²) in [6.07, 6.45) is 8.42. The minimum atomic E-state index is 0.0606. The first-order chi connectivity index (χ1) is 10.8. The number of aromatic nitrogens is 3. The molecule has 1 aliphatic heterocycles. The minimum absolute atomic E-state index is 0.0606. The van der Waals surface area contributed by atoms with Gasteiger partial charge in [-0.1, -0.05) is 5.92 Å². The number of benzene rings is 1. The second-order valence-corrected chi connectivity index (χ2v) is 5.16. The first kappa shape index (κ1) is 14.3. The van der Waals surface area contributed by atoms with Gasteiger partial charge >= 0.3 is 0 Å². The van der Waals surface area contributed by atoms with Crippen LogP contribution >= 0.6 is 0 Å². The van der Waals surface area contributed by atoms with Crippen molar-refractivity contribution in [3.63, 3.8) is 0 Å². The molecule has 0 atom stereocenters. The Labute approximate surface area is 129 Å². The minimum Gasteiger partial charge on any atom is -0.336 e. The van der Waals surface area contributed by atoms with E-state index in [4.69, 9.17) is 6.42 Å². The average Bonchev–Trinajstić information content (AvgIpc) is 3.10. The van der Waals surface area contributed by atoms with Crippen molar-refractivity contribution in [1.29, 1.82) is 0 Å². The lowest BCUT2D eigenvalue weighted by molar-refractivity contribution is 0.0652. The van der Waals surface area contributed by atoms with Gasteiger partial charge in [0.15, 0.2) is 0 Å². The zero-order valence-electron chi connectivity index (χ0n) is 12.2. The average molecular weight is 295 g/mol.